The van der Waals surface area contributed by atoms with Crippen molar-refractivity contribution >= 4 is 58.5 Å². The third-order valence-corrected chi connectivity index (χ3v) is 7.61. The predicted molar refractivity (Wildman–Crippen MR) is 141 cm³/mol. The Bertz CT molecular complexity index is 1100. The van der Waals surface area contributed by atoms with E-state index in [1.807, 2.05) is 19.1 Å². The number of anilines is 1. The predicted octanol–water partition coefficient (Wildman–Crippen LogP) is 2.30. The fourth-order valence-corrected chi connectivity index (χ4v) is 5.31. The molecule has 1 aromatic rings. The summed E-state index contributed by atoms with van der Waals surface area (Å²) in [6.07, 6.45) is -0.575. The van der Waals surface area contributed by atoms with Gasteiger partial charge in [-0.2, -0.15) is 0 Å². The molecule has 0 bridgehead atoms. The summed E-state index contributed by atoms with van der Waals surface area (Å²) >= 11 is 6.57. The summed E-state index contributed by atoms with van der Waals surface area (Å²) in [5.74, 6) is -2.45. The number of rotatable bonds is 10. The summed E-state index contributed by atoms with van der Waals surface area (Å²) in [7, 11) is 0. The molecule has 0 aliphatic carbocycles. The van der Waals surface area contributed by atoms with Crippen LogP contribution in [0.25, 0.3) is 0 Å². The van der Waals surface area contributed by atoms with Crippen molar-refractivity contribution < 1.29 is 33.8 Å². The number of ether oxygens (including phenoxy) is 2. The Morgan fingerprint density at radius 3 is 2.19 bits per heavy atom. The average Bonchev–Trinajstić information content (AvgIpc) is 3.23. The maximum atomic E-state index is 13.3. The standard InChI is InChI=1S/C25H31N3O7S2/c1-5-15(4)24(33)35-14-16(29)13-34-19(30)12-28-17-10-8-9-11-18(17)37-23(28)20-21(31)26(6-2)25(36)27(7-3)22(20)32/h8-11,15-16,29H,5-7,12-14H2,1-4H3. The summed E-state index contributed by atoms with van der Waals surface area (Å²) in [6, 6.07) is 7.23. The van der Waals surface area contributed by atoms with Gasteiger partial charge in [0.15, 0.2) is 5.11 Å². The van der Waals surface area contributed by atoms with Crippen molar-refractivity contribution in [3.05, 3.63) is 34.9 Å². The summed E-state index contributed by atoms with van der Waals surface area (Å²) in [5, 5.41) is 10.6. The Balaban J connectivity index is 1.80. The molecule has 200 valence electrons. The molecule has 2 aliphatic heterocycles. The molecule has 1 fully saturated rings. The van der Waals surface area contributed by atoms with Crippen LogP contribution in [0.4, 0.5) is 5.69 Å². The number of carbonyl (C=O) groups is 4. The van der Waals surface area contributed by atoms with Crippen LogP contribution in [0.5, 0.6) is 0 Å². The van der Waals surface area contributed by atoms with Crippen LogP contribution in [0.15, 0.2) is 39.8 Å². The molecule has 3 rings (SSSR count). The highest BCUT2D eigenvalue weighted by atomic mass is 32.2. The zero-order valence-electron chi connectivity index (χ0n) is 21.3. The van der Waals surface area contributed by atoms with Gasteiger partial charge >= 0.3 is 11.9 Å². The van der Waals surface area contributed by atoms with E-state index in [-0.39, 0.29) is 49.5 Å². The van der Waals surface area contributed by atoms with Gasteiger partial charge in [-0.15, -0.1) is 0 Å². The lowest BCUT2D eigenvalue weighted by molar-refractivity contribution is -0.154. The van der Waals surface area contributed by atoms with Crippen LogP contribution >= 0.6 is 24.0 Å². The van der Waals surface area contributed by atoms with Gasteiger partial charge in [-0.3, -0.25) is 29.0 Å². The van der Waals surface area contributed by atoms with E-state index in [0.717, 1.165) is 4.90 Å². The number of fused-ring (bicyclic) bond motifs is 1. The molecule has 1 saturated heterocycles. The molecule has 37 heavy (non-hydrogen) atoms. The highest BCUT2D eigenvalue weighted by Crippen LogP contribution is 2.47. The van der Waals surface area contributed by atoms with E-state index in [0.29, 0.717) is 17.1 Å². The largest absolute Gasteiger partial charge is 0.463 e. The van der Waals surface area contributed by atoms with Gasteiger partial charge in [-0.25, -0.2) is 0 Å². The van der Waals surface area contributed by atoms with E-state index in [1.54, 1.807) is 37.8 Å². The van der Waals surface area contributed by atoms with Crippen LogP contribution in [0, 0.1) is 5.92 Å². The van der Waals surface area contributed by atoms with Crippen molar-refractivity contribution in [3.8, 4) is 0 Å². The second kappa shape index (κ2) is 12.5. The van der Waals surface area contributed by atoms with Gasteiger partial charge in [0.2, 0.25) is 0 Å². The highest BCUT2D eigenvalue weighted by Gasteiger charge is 2.43. The molecule has 1 N–H and O–H groups in total. The van der Waals surface area contributed by atoms with Gasteiger partial charge in [0, 0.05) is 18.0 Å². The van der Waals surface area contributed by atoms with Crippen molar-refractivity contribution in [2.24, 2.45) is 5.92 Å². The number of likely N-dealkylation sites (N-methyl/N-ethyl adjacent to an activating group) is 2. The number of para-hydroxylation sites is 1. The lowest BCUT2D eigenvalue weighted by atomic mass is 10.1. The first-order chi connectivity index (χ1) is 17.6. The topological polar surface area (TPSA) is 117 Å². The van der Waals surface area contributed by atoms with Gasteiger partial charge in [-0.05, 0) is 44.6 Å². The van der Waals surface area contributed by atoms with Crippen molar-refractivity contribution in [1.29, 1.82) is 0 Å². The van der Waals surface area contributed by atoms with Gasteiger partial charge in [0.05, 0.1) is 16.6 Å². The van der Waals surface area contributed by atoms with Crippen LogP contribution in [-0.4, -0.2) is 82.7 Å². The van der Waals surface area contributed by atoms with Crippen molar-refractivity contribution in [1.82, 2.24) is 9.80 Å². The minimum Gasteiger partial charge on any atom is -0.463 e. The molecule has 2 amide bonds. The van der Waals surface area contributed by atoms with Crippen molar-refractivity contribution in [3.63, 3.8) is 0 Å². The molecule has 10 nitrogen and oxygen atoms in total. The number of nitrogens with zero attached hydrogens (tertiary/aromatic N) is 3. The number of aliphatic hydroxyl groups is 1. The van der Waals surface area contributed by atoms with Gasteiger partial charge < -0.3 is 19.5 Å². The first-order valence-electron chi connectivity index (χ1n) is 12.1. The Morgan fingerprint density at radius 1 is 1.00 bits per heavy atom. The number of esters is 2. The maximum absolute atomic E-state index is 13.3. The van der Waals surface area contributed by atoms with Crippen LogP contribution in [0.2, 0.25) is 0 Å². The third-order valence-electron chi connectivity index (χ3n) is 5.99. The van der Waals surface area contributed by atoms with E-state index < -0.39 is 29.9 Å². The second-order valence-electron chi connectivity index (χ2n) is 8.49. The van der Waals surface area contributed by atoms with Crippen molar-refractivity contribution in [2.45, 2.75) is 45.1 Å². The molecule has 2 unspecified atom stereocenters. The molecular formula is C25H31N3O7S2. The van der Waals surface area contributed by atoms with E-state index >= 15 is 0 Å². The number of benzene rings is 1. The SMILES string of the molecule is CCC(C)C(=O)OCC(O)COC(=O)CN1C(=C2C(=O)N(CC)C(=S)N(CC)C2=O)Sc2ccccc21. The Hall–Kier alpha value is -2.96. The summed E-state index contributed by atoms with van der Waals surface area (Å²) in [4.78, 5) is 56.3. The number of amides is 2. The van der Waals surface area contributed by atoms with Gasteiger partial charge in [-0.1, -0.05) is 37.7 Å². The maximum Gasteiger partial charge on any atom is 0.326 e. The Labute approximate surface area is 225 Å². The lowest BCUT2D eigenvalue weighted by Gasteiger charge is -2.36. The first kappa shape index (κ1) is 28.6. The normalized spacial score (nSPS) is 17.2. The molecule has 2 atom stereocenters. The lowest BCUT2D eigenvalue weighted by Crippen LogP contribution is -2.56. The fourth-order valence-electron chi connectivity index (χ4n) is 3.70. The van der Waals surface area contributed by atoms with Crippen LogP contribution in [0.3, 0.4) is 0 Å². The summed E-state index contributed by atoms with van der Waals surface area (Å²) in [5.41, 5.74) is 0.582. The second-order valence-corrected chi connectivity index (χ2v) is 9.89. The van der Waals surface area contributed by atoms with E-state index in [9.17, 15) is 24.3 Å². The molecule has 0 saturated carbocycles. The quantitative estimate of drug-likeness (QED) is 0.202. The number of thiocarbonyl (C=S) groups is 1. The molecule has 1 aromatic carbocycles. The van der Waals surface area contributed by atoms with E-state index in [2.05, 4.69) is 0 Å². The number of aliphatic hydroxyl groups excluding tert-OH is 1. The molecule has 2 heterocycles. The molecule has 12 heteroatoms. The van der Waals surface area contributed by atoms with Gasteiger partial charge in [0.25, 0.3) is 11.8 Å². The van der Waals surface area contributed by atoms with Crippen molar-refractivity contribution in [2.75, 3.05) is 37.7 Å². The fraction of sp³-hybridized carbons (Fsp3) is 0.480. The Morgan fingerprint density at radius 2 is 1.59 bits per heavy atom. The molecule has 0 radical (unpaired) electrons. The van der Waals surface area contributed by atoms with Crippen LogP contribution in [-0.2, 0) is 28.7 Å². The van der Waals surface area contributed by atoms with Crippen LogP contribution < -0.4 is 4.90 Å². The minimum atomic E-state index is -1.19. The minimum absolute atomic E-state index is 0.0664. The first-order valence-corrected chi connectivity index (χ1v) is 13.3. The van der Waals surface area contributed by atoms with Gasteiger partial charge in [0.1, 0.15) is 31.4 Å². The summed E-state index contributed by atoms with van der Waals surface area (Å²) in [6.45, 7) is 6.73. The smallest absolute Gasteiger partial charge is 0.326 e. The zero-order valence-corrected chi connectivity index (χ0v) is 22.9. The number of carbonyl (C=O) groups excluding carboxylic acids is 4. The third kappa shape index (κ3) is 6.13. The number of hydrogen-bond acceptors (Lipinski definition) is 10. The molecular weight excluding hydrogens is 518 g/mol. The number of thioether (sulfide) groups is 1. The van der Waals surface area contributed by atoms with E-state index in [1.165, 1.54) is 21.6 Å². The number of hydrogen-bond donors (Lipinski definition) is 1. The highest BCUT2D eigenvalue weighted by molar-refractivity contribution is 8.03. The van der Waals surface area contributed by atoms with E-state index in [4.69, 9.17) is 21.7 Å². The van der Waals surface area contributed by atoms with Crippen LogP contribution in [0.1, 0.15) is 34.1 Å². The summed E-state index contributed by atoms with van der Waals surface area (Å²) < 4.78 is 10.3. The zero-order chi connectivity index (χ0) is 27.3. The average molecular weight is 550 g/mol. The monoisotopic (exact) mass is 549 g/mol. The molecule has 0 spiro atoms. The Kier molecular flexibility index (Phi) is 9.68. The molecule has 2 aliphatic rings. The molecule has 0 aromatic heterocycles.